The fourth-order valence-electron chi connectivity index (χ4n) is 1.71. The molecule has 1 unspecified atom stereocenters. The zero-order valence-corrected chi connectivity index (χ0v) is 9.75. The van der Waals surface area contributed by atoms with Crippen LogP contribution in [0.2, 0.25) is 0 Å². The molecule has 1 aromatic rings. The van der Waals surface area contributed by atoms with Crippen molar-refractivity contribution in [1.82, 2.24) is 0 Å². The molecule has 2 nitrogen and oxygen atoms in total. The first kappa shape index (κ1) is 9.99. The molecule has 0 saturated heterocycles. The Balaban J connectivity index is 2.23. The van der Waals surface area contributed by atoms with Crippen molar-refractivity contribution in [2.24, 2.45) is 11.7 Å². The Morgan fingerprint density at radius 1 is 1.57 bits per heavy atom. The summed E-state index contributed by atoms with van der Waals surface area (Å²) in [7, 11) is 0. The summed E-state index contributed by atoms with van der Waals surface area (Å²) in [6, 6.07) is 6.37. The Morgan fingerprint density at radius 2 is 2.36 bits per heavy atom. The van der Waals surface area contributed by atoms with E-state index in [9.17, 15) is 0 Å². The van der Waals surface area contributed by atoms with Crippen LogP contribution < -0.4 is 10.5 Å². The lowest BCUT2D eigenvalue weighted by atomic mass is 9.92. The number of hydrogen-bond acceptors (Lipinski definition) is 2. The van der Waals surface area contributed by atoms with Gasteiger partial charge in [0.2, 0.25) is 0 Å². The second-order valence-corrected chi connectivity index (χ2v) is 4.80. The lowest BCUT2D eigenvalue weighted by Crippen LogP contribution is -2.35. The fraction of sp³-hybridized carbons (Fsp3) is 0.455. The maximum absolute atomic E-state index is 5.86. The lowest BCUT2D eigenvalue weighted by Gasteiger charge is -2.27. The second-order valence-electron chi connectivity index (χ2n) is 3.89. The SMILES string of the molecule is C[C@H](N)C1COc2cc(Br)ccc2C1. The van der Waals surface area contributed by atoms with Crippen molar-refractivity contribution in [3.8, 4) is 5.75 Å². The van der Waals surface area contributed by atoms with E-state index in [4.69, 9.17) is 10.5 Å². The monoisotopic (exact) mass is 255 g/mol. The number of nitrogens with two attached hydrogens (primary N) is 1. The summed E-state index contributed by atoms with van der Waals surface area (Å²) in [6.45, 7) is 2.78. The molecular formula is C11H14BrNO. The molecule has 0 aromatic heterocycles. The van der Waals surface area contributed by atoms with Crippen molar-refractivity contribution in [2.75, 3.05) is 6.61 Å². The molecule has 0 saturated carbocycles. The van der Waals surface area contributed by atoms with Crippen molar-refractivity contribution in [2.45, 2.75) is 19.4 Å². The average molecular weight is 256 g/mol. The molecule has 2 atom stereocenters. The van der Waals surface area contributed by atoms with Gasteiger partial charge in [-0.1, -0.05) is 22.0 Å². The van der Waals surface area contributed by atoms with E-state index in [0.29, 0.717) is 5.92 Å². The van der Waals surface area contributed by atoms with Crippen molar-refractivity contribution >= 4 is 15.9 Å². The number of halogens is 1. The smallest absolute Gasteiger partial charge is 0.123 e. The molecule has 76 valence electrons. The molecule has 14 heavy (non-hydrogen) atoms. The fourth-order valence-corrected chi connectivity index (χ4v) is 2.05. The first-order chi connectivity index (χ1) is 6.66. The standard InChI is InChI=1S/C11H14BrNO/c1-7(13)9-4-8-2-3-10(12)5-11(8)14-6-9/h2-3,5,7,9H,4,6,13H2,1H3/t7-,9?/m0/s1. The molecule has 1 aromatic carbocycles. The van der Waals surface area contributed by atoms with Gasteiger partial charge in [-0.05, 0) is 31.0 Å². The van der Waals surface area contributed by atoms with E-state index in [0.717, 1.165) is 23.2 Å². The van der Waals surface area contributed by atoms with E-state index in [1.165, 1.54) is 5.56 Å². The zero-order valence-electron chi connectivity index (χ0n) is 8.16. The predicted octanol–water partition coefficient (Wildman–Crippen LogP) is 2.35. The van der Waals surface area contributed by atoms with Crippen molar-refractivity contribution in [3.63, 3.8) is 0 Å². The first-order valence-corrected chi connectivity index (χ1v) is 5.63. The summed E-state index contributed by atoms with van der Waals surface area (Å²) in [5, 5.41) is 0. The van der Waals surface area contributed by atoms with Crippen LogP contribution in [0.5, 0.6) is 5.75 Å². The first-order valence-electron chi connectivity index (χ1n) is 4.83. The van der Waals surface area contributed by atoms with Crippen LogP contribution in [0.4, 0.5) is 0 Å². The minimum absolute atomic E-state index is 0.201. The second kappa shape index (κ2) is 3.91. The lowest BCUT2D eigenvalue weighted by molar-refractivity contribution is 0.204. The molecule has 0 radical (unpaired) electrons. The maximum Gasteiger partial charge on any atom is 0.123 e. The van der Waals surface area contributed by atoms with Gasteiger partial charge >= 0.3 is 0 Å². The summed E-state index contributed by atoms with van der Waals surface area (Å²) in [4.78, 5) is 0. The van der Waals surface area contributed by atoms with Crippen LogP contribution in [0.1, 0.15) is 12.5 Å². The van der Waals surface area contributed by atoms with Crippen LogP contribution in [0.15, 0.2) is 22.7 Å². The average Bonchev–Trinajstić information content (AvgIpc) is 2.16. The molecule has 2 rings (SSSR count). The highest BCUT2D eigenvalue weighted by molar-refractivity contribution is 9.10. The molecule has 3 heteroatoms. The number of hydrogen-bond donors (Lipinski definition) is 1. The van der Waals surface area contributed by atoms with Crippen LogP contribution in [0.3, 0.4) is 0 Å². The molecule has 1 aliphatic heterocycles. The van der Waals surface area contributed by atoms with Gasteiger partial charge in [0.25, 0.3) is 0 Å². The van der Waals surface area contributed by atoms with Gasteiger partial charge in [0.1, 0.15) is 5.75 Å². The molecule has 0 aliphatic carbocycles. The largest absolute Gasteiger partial charge is 0.493 e. The van der Waals surface area contributed by atoms with Crippen molar-refractivity contribution < 1.29 is 4.74 Å². The maximum atomic E-state index is 5.86. The normalized spacial score (nSPS) is 22.4. The van der Waals surface area contributed by atoms with Gasteiger partial charge in [-0.25, -0.2) is 0 Å². The van der Waals surface area contributed by atoms with Gasteiger partial charge in [0.15, 0.2) is 0 Å². The van der Waals surface area contributed by atoms with E-state index in [1.54, 1.807) is 0 Å². The van der Waals surface area contributed by atoms with Crippen molar-refractivity contribution in [1.29, 1.82) is 0 Å². The highest BCUT2D eigenvalue weighted by Gasteiger charge is 2.22. The molecule has 2 N–H and O–H groups in total. The van der Waals surface area contributed by atoms with Gasteiger partial charge in [-0.3, -0.25) is 0 Å². The van der Waals surface area contributed by atoms with Crippen LogP contribution >= 0.6 is 15.9 Å². The summed E-state index contributed by atoms with van der Waals surface area (Å²) >= 11 is 3.43. The Hall–Kier alpha value is -0.540. The predicted molar refractivity (Wildman–Crippen MR) is 60.5 cm³/mol. The minimum atomic E-state index is 0.201. The van der Waals surface area contributed by atoms with Gasteiger partial charge in [0, 0.05) is 16.4 Å². The van der Waals surface area contributed by atoms with Crippen LogP contribution in [0.25, 0.3) is 0 Å². The van der Waals surface area contributed by atoms with E-state index in [-0.39, 0.29) is 6.04 Å². The molecule has 0 fully saturated rings. The number of benzene rings is 1. The van der Waals surface area contributed by atoms with E-state index in [1.807, 2.05) is 19.1 Å². The van der Waals surface area contributed by atoms with Crippen molar-refractivity contribution in [3.05, 3.63) is 28.2 Å². The summed E-state index contributed by atoms with van der Waals surface area (Å²) < 4.78 is 6.73. The van der Waals surface area contributed by atoms with E-state index in [2.05, 4.69) is 22.0 Å². The highest BCUT2D eigenvalue weighted by Crippen LogP contribution is 2.30. The van der Waals surface area contributed by atoms with Crippen LogP contribution in [-0.2, 0) is 6.42 Å². The third kappa shape index (κ3) is 1.93. The van der Waals surface area contributed by atoms with E-state index < -0.39 is 0 Å². The van der Waals surface area contributed by atoms with Gasteiger partial charge < -0.3 is 10.5 Å². The topological polar surface area (TPSA) is 35.2 Å². The minimum Gasteiger partial charge on any atom is -0.493 e. The van der Waals surface area contributed by atoms with Crippen LogP contribution in [-0.4, -0.2) is 12.6 Å². The number of fused-ring (bicyclic) bond motifs is 1. The van der Waals surface area contributed by atoms with E-state index >= 15 is 0 Å². The summed E-state index contributed by atoms with van der Waals surface area (Å²) in [6.07, 6.45) is 1.03. The number of ether oxygens (including phenoxy) is 1. The Bertz CT molecular complexity index is 338. The Morgan fingerprint density at radius 3 is 3.07 bits per heavy atom. The Kier molecular flexibility index (Phi) is 2.79. The molecule has 1 heterocycles. The third-order valence-electron chi connectivity index (χ3n) is 2.71. The molecule has 1 aliphatic rings. The van der Waals surface area contributed by atoms with Gasteiger partial charge in [-0.15, -0.1) is 0 Å². The molecule has 0 bridgehead atoms. The molecule has 0 amide bonds. The summed E-state index contributed by atoms with van der Waals surface area (Å²) in [5.74, 6) is 1.44. The molecule has 0 spiro atoms. The quantitative estimate of drug-likeness (QED) is 0.837. The van der Waals surface area contributed by atoms with Gasteiger partial charge in [0.05, 0.1) is 6.61 Å². The Labute approximate surface area is 92.6 Å². The van der Waals surface area contributed by atoms with Gasteiger partial charge in [-0.2, -0.15) is 0 Å². The molecular weight excluding hydrogens is 242 g/mol. The zero-order chi connectivity index (χ0) is 10.1. The highest BCUT2D eigenvalue weighted by atomic mass is 79.9. The number of rotatable bonds is 1. The van der Waals surface area contributed by atoms with Crippen LogP contribution in [0, 0.1) is 5.92 Å². The summed E-state index contributed by atoms with van der Waals surface area (Å²) in [5.41, 5.74) is 7.13. The third-order valence-corrected chi connectivity index (χ3v) is 3.20.